The first-order chi connectivity index (χ1) is 12.0. The van der Waals surface area contributed by atoms with Crippen LogP contribution >= 0.6 is 0 Å². The molecule has 2 aromatic carbocycles. The highest BCUT2D eigenvalue weighted by Gasteiger charge is 2.19. The predicted molar refractivity (Wildman–Crippen MR) is 96.6 cm³/mol. The molecule has 2 aromatic rings. The van der Waals surface area contributed by atoms with Crippen molar-refractivity contribution in [2.24, 2.45) is 0 Å². The highest BCUT2D eigenvalue weighted by atomic mass is 16.6. The maximum atomic E-state index is 9.14. The standard InChI is InChI=1S/C18H19BN3O3/c1-13(2)25-19(3)23-12-14-11-17(9-10-18(14)22-20)24-16-7-5-15(21-4)6-8-16/h5-11,13H,12H2,1-3H3/q+1. The Morgan fingerprint density at radius 2 is 1.80 bits per heavy atom. The summed E-state index contributed by atoms with van der Waals surface area (Å²) in [5.74, 6) is 1.20. The van der Waals surface area contributed by atoms with Gasteiger partial charge in [-0.25, -0.2) is 4.85 Å². The van der Waals surface area contributed by atoms with Gasteiger partial charge in [0.05, 0.1) is 18.7 Å². The van der Waals surface area contributed by atoms with Gasteiger partial charge in [0.2, 0.25) is 5.39 Å². The Labute approximate surface area is 147 Å². The van der Waals surface area contributed by atoms with E-state index in [2.05, 4.69) is 9.82 Å². The van der Waals surface area contributed by atoms with E-state index in [1.54, 1.807) is 42.5 Å². The topological polar surface area (TPSA) is 60.2 Å². The van der Waals surface area contributed by atoms with Crippen molar-refractivity contribution in [3.63, 3.8) is 0 Å². The van der Waals surface area contributed by atoms with Crippen LogP contribution in [0, 0.1) is 12.0 Å². The van der Waals surface area contributed by atoms with Gasteiger partial charge in [-0.2, -0.15) is 0 Å². The van der Waals surface area contributed by atoms with E-state index >= 15 is 0 Å². The molecule has 0 bridgehead atoms. The van der Waals surface area contributed by atoms with E-state index < -0.39 is 0 Å². The van der Waals surface area contributed by atoms with Gasteiger partial charge in [0, 0.05) is 12.2 Å². The van der Waals surface area contributed by atoms with Crippen molar-refractivity contribution in [3.8, 4) is 11.5 Å². The Morgan fingerprint density at radius 1 is 1.12 bits per heavy atom. The molecule has 0 aromatic heterocycles. The predicted octanol–water partition coefficient (Wildman–Crippen LogP) is 5.57. The van der Waals surface area contributed by atoms with Crippen LogP contribution in [0.4, 0.5) is 11.4 Å². The van der Waals surface area contributed by atoms with Gasteiger partial charge in [-0.15, -0.1) is 0 Å². The summed E-state index contributed by atoms with van der Waals surface area (Å²) in [7, 11) is -0.378. The average Bonchev–Trinajstić information content (AvgIpc) is 2.60. The van der Waals surface area contributed by atoms with Crippen molar-refractivity contribution in [3.05, 3.63) is 64.4 Å². The number of rotatable bonds is 7. The lowest BCUT2D eigenvalue weighted by molar-refractivity contribution is 0.157. The fourth-order valence-corrected chi connectivity index (χ4v) is 2.19. The minimum atomic E-state index is -0.378. The molecule has 126 valence electrons. The first-order valence-electron chi connectivity index (χ1n) is 7.92. The number of hydrogen-bond donors (Lipinski definition) is 0. The zero-order valence-corrected chi connectivity index (χ0v) is 14.5. The van der Waals surface area contributed by atoms with Gasteiger partial charge in [0.1, 0.15) is 11.5 Å². The maximum Gasteiger partial charge on any atom is 0.453 e. The highest BCUT2D eigenvalue weighted by Crippen LogP contribution is 2.29. The monoisotopic (exact) mass is 336 g/mol. The Hall–Kier alpha value is -2.87. The molecule has 0 fully saturated rings. The Morgan fingerprint density at radius 3 is 2.40 bits per heavy atom. The van der Waals surface area contributed by atoms with Crippen LogP contribution in [0.2, 0.25) is 6.82 Å². The molecule has 0 atom stereocenters. The largest absolute Gasteiger partial charge is 0.457 e. The van der Waals surface area contributed by atoms with Crippen LogP contribution in [0.25, 0.3) is 9.82 Å². The van der Waals surface area contributed by atoms with Gasteiger partial charge < -0.3 is 14.0 Å². The number of nitrogens with zero attached hydrogens (tertiary/aromatic N) is 3. The molecule has 0 aliphatic rings. The first-order valence-corrected chi connectivity index (χ1v) is 7.92. The summed E-state index contributed by atoms with van der Waals surface area (Å²) in [4.78, 5) is 6.61. The molecule has 0 saturated carbocycles. The Balaban J connectivity index is 2.10. The van der Waals surface area contributed by atoms with Gasteiger partial charge in [-0.05, 0) is 44.9 Å². The molecule has 25 heavy (non-hydrogen) atoms. The van der Waals surface area contributed by atoms with Gasteiger partial charge in [-0.3, -0.25) is 0 Å². The van der Waals surface area contributed by atoms with E-state index in [-0.39, 0.29) is 19.8 Å². The molecular formula is C18H19BN3O3+. The van der Waals surface area contributed by atoms with E-state index in [4.69, 9.17) is 26.0 Å². The van der Waals surface area contributed by atoms with Crippen molar-refractivity contribution >= 4 is 18.5 Å². The van der Waals surface area contributed by atoms with Crippen LogP contribution in [-0.2, 0) is 15.9 Å². The van der Waals surface area contributed by atoms with Crippen molar-refractivity contribution in [2.75, 3.05) is 0 Å². The third kappa shape index (κ3) is 5.61. The molecule has 2 rings (SSSR count). The zero-order valence-electron chi connectivity index (χ0n) is 14.5. The molecule has 0 unspecified atom stereocenters. The molecule has 6 nitrogen and oxygen atoms in total. The van der Waals surface area contributed by atoms with Crippen molar-refractivity contribution in [1.29, 1.82) is 5.39 Å². The fourth-order valence-electron chi connectivity index (χ4n) is 2.19. The second-order valence-corrected chi connectivity index (χ2v) is 5.66. The zero-order chi connectivity index (χ0) is 18.2. The molecule has 0 aliphatic carbocycles. The van der Waals surface area contributed by atoms with Crippen LogP contribution in [0.15, 0.2) is 42.5 Å². The molecule has 0 spiro atoms. The maximum absolute atomic E-state index is 9.14. The van der Waals surface area contributed by atoms with Crippen molar-refractivity contribution in [2.45, 2.75) is 33.4 Å². The first kappa shape index (κ1) is 18.5. The van der Waals surface area contributed by atoms with Crippen LogP contribution in [0.5, 0.6) is 11.5 Å². The third-order valence-corrected chi connectivity index (χ3v) is 3.30. The number of benzene rings is 2. The van der Waals surface area contributed by atoms with E-state index in [9.17, 15) is 0 Å². The van der Waals surface area contributed by atoms with E-state index in [1.165, 1.54) is 0 Å². The second kappa shape index (κ2) is 8.84. The summed E-state index contributed by atoms with van der Waals surface area (Å²) < 4.78 is 16.9. The molecule has 0 amide bonds. The summed E-state index contributed by atoms with van der Waals surface area (Å²) in [6.07, 6.45) is 0.0603. The van der Waals surface area contributed by atoms with Crippen LogP contribution in [0.1, 0.15) is 19.4 Å². The molecular weight excluding hydrogens is 317 g/mol. The normalized spacial score (nSPS) is 10.2. The molecule has 0 aliphatic heterocycles. The minimum Gasteiger partial charge on any atom is -0.457 e. The number of hydrogen-bond acceptors (Lipinski definition) is 4. The van der Waals surface area contributed by atoms with Crippen LogP contribution in [-0.4, -0.2) is 13.2 Å². The van der Waals surface area contributed by atoms with Gasteiger partial charge in [0.15, 0.2) is 10.7 Å². The lowest BCUT2D eigenvalue weighted by atomic mass is 9.94. The Kier molecular flexibility index (Phi) is 6.53. The van der Waals surface area contributed by atoms with Crippen molar-refractivity contribution in [1.82, 2.24) is 0 Å². The smallest absolute Gasteiger partial charge is 0.453 e. The summed E-state index contributed by atoms with van der Waals surface area (Å²) >= 11 is 0. The number of diazo groups is 1. The quantitative estimate of drug-likeness (QED) is 0.376. The van der Waals surface area contributed by atoms with Gasteiger partial charge in [-0.1, -0.05) is 12.1 Å². The lowest BCUT2D eigenvalue weighted by Gasteiger charge is -2.13. The van der Waals surface area contributed by atoms with Gasteiger partial charge in [0.25, 0.3) is 0 Å². The minimum absolute atomic E-state index is 0.0603. The summed E-state index contributed by atoms with van der Waals surface area (Å²) in [5.41, 5.74) is 1.64. The van der Waals surface area contributed by atoms with Crippen molar-refractivity contribution < 1.29 is 14.0 Å². The third-order valence-electron chi connectivity index (χ3n) is 3.30. The molecule has 7 heteroatoms. The number of ether oxygens (including phenoxy) is 1. The van der Waals surface area contributed by atoms with Gasteiger partial charge >= 0.3 is 12.8 Å². The lowest BCUT2D eigenvalue weighted by Crippen LogP contribution is -2.22. The summed E-state index contributed by atoms with van der Waals surface area (Å²) in [5, 5.41) is 9.14. The van der Waals surface area contributed by atoms with Crippen LogP contribution < -0.4 is 4.74 Å². The van der Waals surface area contributed by atoms with E-state index in [1.807, 2.05) is 20.7 Å². The molecule has 0 N–H and O–H groups in total. The fraction of sp³-hybridized carbons (Fsp3) is 0.278. The Bertz CT molecular complexity index is 795. The van der Waals surface area contributed by atoms with Crippen LogP contribution in [0.3, 0.4) is 0 Å². The summed E-state index contributed by atoms with van der Waals surface area (Å²) in [6.45, 7) is 12.9. The van der Waals surface area contributed by atoms with E-state index in [0.29, 0.717) is 28.4 Å². The highest BCUT2D eigenvalue weighted by molar-refractivity contribution is 6.42. The molecule has 0 radical (unpaired) electrons. The second-order valence-electron chi connectivity index (χ2n) is 5.66. The average molecular weight is 336 g/mol. The SMILES string of the molecule is [C-]#[N+]c1ccc(Oc2ccc([N+]#N)c(COB(C)OC(C)C)c2)cc1. The molecule has 0 heterocycles. The molecule has 0 saturated heterocycles. The summed E-state index contributed by atoms with van der Waals surface area (Å²) in [6, 6.07) is 11.9. The van der Waals surface area contributed by atoms with E-state index in [0.717, 1.165) is 0 Å².